The molecule has 0 saturated carbocycles. The highest BCUT2D eigenvalue weighted by Crippen LogP contribution is 2.33. The van der Waals surface area contributed by atoms with E-state index in [-0.39, 0.29) is 22.5 Å². The smallest absolute Gasteiger partial charge is 0.321 e. The van der Waals surface area contributed by atoms with Crippen LogP contribution in [0.3, 0.4) is 0 Å². The molecule has 0 bridgehead atoms. The molecular weight excluding hydrogens is 432 g/mol. The molecule has 1 amide bonds. The van der Waals surface area contributed by atoms with Crippen molar-refractivity contribution in [3.05, 3.63) is 77.9 Å². The summed E-state index contributed by atoms with van der Waals surface area (Å²) < 4.78 is 54.9. The highest BCUT2D eigenvalue weighted by molar-refractivity contribution is 7.98. The van der Waals surface area contributed by atoms with Crippen molar-refractivity contribution < 1.29 is 22.4 Å². The molecule has 10 heteroatoms. The monoisotopic (exact) mass is 446 g/mol. The maximum absolute atomic E-state index is 13.7. The van der Waals surface area contributed by atoms with Crippen LogP contribution in [-0.4, -0.2) is 26.8 Å². The topological polar surface area (TPSA) is 59.3 Å². The summed E-state index contributed by atoms with van der Waals surface area (Å²) in [4.78, 5) is 17.9. The molecule has 2 heterocycles. The molecule has 0 radical (unpaired) electrons. The van der Waals surface area contributed by atoms with E-state index in [0.717, 1.165) is 29.3 Å². The van der Waals surface area contributed by atoms with Gasteiger partial charge in [0, 0.05) is 10.5 Å². The Kier molecular flexibility index (Phi) is 5.40. The van der Waals surface area contributed by atoms with Gasteiger partial charge < -0.3 is 5.32 Å². The van der Waals surface area contributed by atoms with Crippen LogP contribution in [0.25, 0.3) is 16.9 Å². The third-order valence-corrected chi connectivity index (χ3v) is 5.30. The molecule has 0 aliphatic heterocycles. The van der Waals surface area contributed by atoms with Crippen LogP contribution in [-0.2, 0) is 6.18 Å². The number of hydrogen-bond donors (Lipinski definition) is 1. The van der Waals surface area contributed by atoms with Crippen molar-refractivity contribution in [3.63, 3.8) is 0 Å². The van der Waals surface area contributed by atoms with Gasteiger partial charge in [0.15, 0.2) is 11.3 Å². The number of rotatable bonds is 4. The molecule has 0 fully saturated rings. The van der Waals surface area contributed by atoms with Crippen LogP contribution in [0.15, 0.2) is 65.7 Å². The summed E-state index contributed by atoms with van der Waals surface area (Å²) in [5.41, 5.74) is -0.738. The van der Waals surface area contributed by atoms with Crippen molar-refractivity contribution in [2.24, 2.45) is 0 Å². The normalized spacial score (nSPS) is 11.6. The van der Waals surface area contributed by atoms with Crippen LogP contribution in [0.2, 0.25) is 0 Å². The Balaban J connectivity index is 1.84. The number of nitrogens with zero attached hydrogens (tertiary/aromatic N) is 3. The zero-order valence-electron chi connectivity index (χ0n) is 15.9. The number of hydrogen-bond acceptors (Lipinski definition) is 4. The second-order valence-corrected chi connectivity index (χ2v) is 7.33. The summed E-state index contributed by atoms with van der Waals surface area (Å²) in [5, 5.41) is 6.44. The van der Waals surface area contributed by atoms with Crippen LogP contribution in [0, 0.1) is 5.82 Å². The van der Waals surface area contributed by atoms with Crippen LogP contribution in [0.5, 0.6) is 0 Å². The number of fused-ring (bicyclic) bond motifs is 1. The zero-order chi connectivity index (χ0) is 22.2. The van der Waals surface area contributed by atoms with Gasteiger partial charge in [-0.25, -0.2) is 13.9 Å². The van der Waals surface area contributed by atoms with Gasteiger partial charge in [0.1, 0.15) is 11.4 Å². The Morgan fingerprint density at radius 1 is 1.10 bits per heavy atom. The van der Waals surface area contributed by atoms with E-state index in [0.29, 0.717) is 10.2 Å². The van der Waals surface area contributed by atoms with E-state index in [1.54, 1.807) is 12.1 Å². The fraction of sp³-hybridized carbons (Fsp3) is 0.0952. The summed E-state index contributed by atoms with van der Waals surface area (Å²) >= 11 is 1.41. The Bertz CT molecular complexity index is 1270. The first-order valence-electron chi connectivity index (χ1n) is 8.94. The molecule has 4 rings (SSSR count). The molecule has 0 atom stereocenters. The molecule has 31 heavy (non-hydrogen) atoms. The Morgan fingerprint density at radius 2 is 1.81 bits per heavy atom. The number of amides is 1. The van der Waals surface area contributed by atoms with Crippen LogP contribution in [0.4, 0.5) is 23.2 Å². The molecule has 2 aromatic heterocycles. The van der Waals surface area contributed by atoms with Crippen molar-refractivity contribution in [2.75, 3.05) is 11.6 Å². The number of anilines is 1. The fourth-order valence-corrected chi connectivity index (χ4v) is 3.58. The number of aromatic nitrogens is 3. The molecule has 158 valence electrons. The van der Waals surface area contributed by atoms with Crippen LogP contribution in [0.1, 0.15) is 16.1 Å². The van der Waals surface area contributed by atoms with Gasteiger partial charge in [-0.2, -0.15) is 18.3 Å². The lowest BCUT2D eigenvalue weighted by Gasteiger charge is -2.12. The molecule has 0 aliphatic carbocycles. The number of carbonyl (C=O) groups excluding carboxylic acids is 1. The van der Waals surface area contributed by atoms with E-state index < -0.39 is 23.6 Å². The summed E-state index contributed by atoms with van der Waals surface area (Å²) in [5.74, 6) is -1.17. The SMILES string of the molecule is CSc1ccccc1NC(=O)c1cnn2c(C(F)(F)F)cc(-c3ccc(F)cc3)nc12. The summed E-state index contributed by atoms with van der Waals surface area (Å²) in [7, 11) is 0. The molecule has 0 spiro atoms. The molecule has 4 aromatic rings. The van der Waals surface area contributed by atoms with Crippen LogP contribution >= 0.6 is 11.8 Å². The standard InChI is InChI=1S/C21H14F4N4OS/c1-31-17-5-3-2-4-15(17)28-20(30)14-11-26-29-18(21(23,24)25)10-16(27-19(14)29)12-6-8-13(22)9-7-12/h2-11H,1H3,(H,28,30). The van der Waals surface area contributed by atoms with E-state index in [2.05, 4.69) is 15.4 Å². The highest BCUT2D eigenvalue weighted by atomic mass is 32.2. The molecule has 0 saturated heterocycles. The number of alkyl halides is 3. The van der Waals surface area contributed by atoms with E-state index in [1.807, 2.05) is 18.4 Å². The Hall–Kier alpha value is -3.40. The van der Waals surface area contributed by atoms with Gasteiger partial charge in [-0.15, -0.1) is 11.8 Å². The molecular formula is C21H14F4N4OS. The average Bonchev–Trinajstić information content (AvgIpc) is 3.17. The Labute approximate surface area is 178 Å². The number of halogens is 4. The van der Waals surface area contributed by atoms with Gasteiger partial charge in [-0.1, -0.05) is 12.1 Å². The molecule has 0 aliphatic rings. The van der Waals surface area contributed by atoms with Gasteiger partial charge in [-0.3, -0.25) is 4.79 Å². The van der Waals surface area contributed by atoms with Gasteiger partial charge in [0.2, 0.25) is 0 Å². The molecule has 1 N–H and O–H groups in total. The molecule has 5 nitrogen and oxygen atoms in total. The second kappa shape index (κ2) is 8.03. The lowest BCUT2D eigenvalue weighted by Crippen LogP contribution is -2.16. The van der Waals surface area contributed by atoms with E-state index in [1.165, 1.54) is 23.9 Å². The zero-order valence-corrected chi connectivity index (χ0v) is 16.8. The van der Waals surface area contributed by atoms with Crippen molar-refractivity contribution in [2.45, 2.75) is 11.1 Å². The minimum Gasteiger partial charge on any atom is -0.321 e. The van der Waals surface area contributed by atoms with Crippen molar-refractivity contribution in [1.82, 2.24) is 14.6 Å². The number of nitrogens with one attached hydrogen (secondary N) is 1. The number of benzene rings is 2. The highest BCUT2D eigenvalue weighted by Gasteiger charge is 2.36. The van der Waals surface area contributed by atoms with Gasteiger partial charge in [0.05, 0.1) is 17.6 Å². The van der Waals surface area contributed by atoms with E-state index in [9.17, 15) is 22.4 Å². The maximum Gasteiger partial charge on any atom is 0.433 e. The van der Waals surface area contributed by atoms with Gasteiger partial charge >= 0.3 is 6.18 Å². The maximum atomic E-state index is 13.7. The summed E-state index contributed by atoms with van der Waals surface area (Å²) in [6, 6.07) is 12.7. The predicted octanol–water partition coefficient (Wildman–Crippen LogP) is 5.53. The average molecular weight is 446 g/mol. The van der Waals surface area contributed by atoms with E-state index >= 15 is 0 Å². The Morgan fingerprint density at radius 3 is 2.48 bits per heavy atom. The first-order valence-corrected chi connectivity index (χ1v) is 10.2. The summed E-state index contributed by atoms with van der Waals surface area (Å²) in [6.45, 7) is 0. The van der Waals surface area contributed by atoms with Crippen LogP contribution < -0.4 is 5.32 Å². The third kappa shape index (κ3) is 4.11. The fourth-order valence-electron chi connectivity index (χ4n) is 3.03. The lowest BCUT2D eigenvalue weighted by molar-refractivity contribution is -0.142. The van der Waals surface area contributed by atoms with Crippen molar-refractivity contribution in [3.8, 4) is 11.3 Å². The second-order valence-electron chi connectivity index (χ2n) is 6.48. The number of para-hydroxylation sites is 1. The minimum atomic E-state index is -4.75. The van der Waals surface area contributed by atoms with Gasteiger partial charge in [0.25, 0.3) is 5.91 Å². The first kappa shape index (κ1) is 20.9. The number of thioether (sulfide) groups is 1. The van der Waals surface area contributed by atoms with Crippen molar-refractivity contribution in [1.29, 1.82) is 0 Å². The quantitative estimate of drug-likeness (QED) is 0.331. The number of carbonyl (C=O) groups is 1. The largest absolute Gasteiger partial charge is 0.433 e. The van der Waals surface area contributed by atoms with Crippen molar-refractivity contribution >= 4 is 29.0 Å². The first-order chi connectivity index (χ1) is 14.8. The minimum absolute atomic E-state index is 0.0566. The molecule has 0 unspecified atom stereocenters. The van der Waals surface area contributed by atoms with E-state index in [4.69, 9.17) is 0 Å². The summed E-state index contributed by atoms with van der Waals surface area (Å²) in [6.07, 6.45) is -1.86. The lowest BCUT2D eigenvalue weighted by atomic mass is 10.1. The van der Waals surface area contributed by atoms with Gasteiger partial charge in [-0.05, 0) is 48.7 Å². The predicted molar refractivity (Wildman–Crippen MR) is 110 cm³/mol. The molecule has 2 aromatic carbocycles. The third-order valence-electron chi connectivity index (χ3n) is 4.50.